The number of phenols is 1. The Morgan fingerprint density at radius 3 is 2.52 bits per heavy atom. The summed E-state index contributed by atoms with van der Waals surface area (Å²) in [7, 11) is 0. The maximum atomic E-state index is 12.7. The molecule has 146 valence electrons. The summed E-state index contributed by atoms with van der Waals surface area (Å²) < 4.78 is 0.213. The summed E-state index contributed by atoms with van der Waals surface area (Å²) in [5, 5.41) is 44.6. The first-order chi connectivity index (χ1) is 13.9. The number of benzene rings is 2. The number of tetrazole rings is 1. The fourth-order valence-electron chi connectivity index (χ4n) is 3.05. The maximum Gasteiger partial charge on any atom is 0.294 e. The van der Waals surface area contributed by atoms with Gasteiger partial charge in [0.05, 0.1) is 21.0 Å². The molecule has 1 aromatic heterocycles. The number of hydrogen-bond donors (Lipinski definition) is 3. The highest BCUT2D eigenvalue weighted by molar-refractivity contribution is 9.11. The van der Waals surface area contributed by atoms with Crippen LogP contribution < -0.4 is 4.90 Å². The molecule has 1 aliphatic heterocycles. The Morgan fingerprint density at radius 2 is 1.90 bits per heavy atom. The summed E-state index contributed by atoms with van der Waals surface area (Å²) >= 11 is 3.25. The van der Waals surface area contributed by atoms with Crippen molar-refractivity contribution in [2.45, 2.75) is 6.04 Å². The lowest BCUT2D eigenvalue weighted by molar-refractivity contribution is -0.384. The average Bonchev–Trinajstić information content (AvgIpc) is 3.32. The first-order valence-electron chi connectivity index (χ1n) is 8.12. The SMILES string of the molecule is O=C1C(O)=C(Br)C(c2ccc([N+](=O)[O-])cc2)N1c1ccc(O)c(-c2nn[nH]n2)c1. The number of aromatic amines is 1. The van der Waals surface area contributed by atoms with Crippen LogP contribution in [-0.4, -0.2) is 41.7 Å². The molecule has 3 N–H and O–H groups in total. The molecule has 0 saturated carbocycles. The predicted molar refractivity (Wildman–Crippen MR) is 103 cm³/mol. The van der Waals surface area contributed by atoms with Crippen molar-refractivity contribution in [3.63, 3.8) is 0 Å². The molecular formula is C17H11BrN6O5. The quantitative estimate of drug-likeness (QED) is 0.397. The third-order valence-electron chi connectivity index (χ3n) is 4.41. The number of aromatic nitrogens is 4. The van der Waals surface area contributed by atoms with Crippen LogP contribution in [0.5, 0.6) is 5.75 Å². The van der Waals surface area contributed by atoms with Crippen LogP contribution in [0, 0.1) is 10.1 Å². The van der Waals surface area contributed by atoms with Gasteiger partial charge in [0.25, 0.3) is 11.6 Å². The Bertz CT molecular complexity index is 1150. The summed E-state index contributed by atoms with van der Waals surface area (Å²) in [5.41, 5.74) is 1.01. The van der Waals surface area contributed by atoms with Gasteiger partial charge in [-0.15, -0.1) is 10.2 Å². The number of non-ortho nitro benzene ring substituents is 1. The van der Waals surface area contributed by atoms with Crippen LogP contribution in [0.15, 0.2) is 52.7 Å². The zero-order chi connectivity index (χ0) is 20.7. The van der Waals surface area contributed by atoms with E-state index in [1.165, 1.54) is 47.4 Å². The average molecular weight is 459 g/mol. The standard InChI is InChI=1S/C17H11BrN6O5/c18-13-14(8-1-3-9(4-2-8)24(28)29)23(17(27)15(13)26)10-5-6-12(25)11(7-10)16-19-21-22-20-16/h1-7,14,25-26H,(H,19,20,21,22). The van der Waals surface area contributed by atoms with E-state index in [4.69, 9.17) is 0 Å². The number of rotatable bonds is 4. The number of hydrogen-bond acceptors (Lipinski definition) is 8. The van der Waals surface area contributed by atoms with Crippen molar-refractivity contribution in [2.24, 2.45) is 0 Å². The molecule has 1 unspecified atom stereocenters. The van der Waals surface area contributed by atoms with Gasteiger partial charge < -0.3 is 10.2 Å². The number of carbonyl (C=O) groups is 1. The van der Waals surface area contributed by atoms with Gasteiger partial charge in [0.2, 0.25) is 5.82 Å². The summed E-state index contributed by atoms with van der Waals surface area (Å²) in [6, 6.07) is 9.22. The number of phenolic OH excluding ortho intramolecular Hbond substituents is 1. The van der Waals surface area contributed by atoms with Crippen molar-refractivity contribution in [1.29, 1.82) is 0 Å². The van der Waals surface area contributed by atoms with Crippen LogP contribution in [0.4, 0.5) is 11.4 Å². The van der Waals surface area contributed by atoms with Gasteiger partial charge >= 0.3 is 0 Å². The molecule has 0 spiro atoms. The summed E-state index contributed by atoms with van der Waals surface area (Å²) in [5.74, 6) is -1.16. The number of amides is 1. The number of nitrogens with one attached hydrogen (secondary N) is 1. The predicted octanol–water partition coefficient (Wildman–Crippen LogP) is 2.73. The van der Waals surface area contributed by atoms with Crippen molar-refractivity contribution in [2.75, 3.05) is 4.90 Å². The largest absolute Gasteiger partial charge is 0.507 e. The number of nitro groups is 1. The van der Waals surface area contributed by atoms with Crippen molar-refractivity contribution in [1.82, 2.24) is 20.6 Å². The fraction of sp³-hybridized carbons (Fsp3) is 0.0588. The third-order valence-corrected chi connectivity index (χ3v) is 5.22. The summed E-state index contributed by atoms with van der Waals surface area (Å²) in [4.78, 5) is 24.4. The second-order valence-electron chi connectivity index (χ2n) is 6.06. The highest BCUT2D eigenvalue weighted by Crippen LogP contribution is 2.44. The highest BCUT2D eigenvalue weighted by atomic mass is 79.9. The van der Waals surface area contributed by atoms with Gasteiger partial charge in [-0.2, -0.15) is 5.21 Å². The zero-order valence-corrected chi connectivity index (χ0v) is 15.9. The van der Waals surface area contributed by atoms with Crippen molar-refractivity contribution < 1.29 is 19.9 Å². The van der Waals surface area contributed by atoms with E-state index in [1.807, 2.05) is 0 Å². The minimum absolute atomic E-state index is 0.0991. The molecule has 2 heterocycles. The highest BCUT2D eigenvalue weighted by Gasteiger charge is 2.40. The van der Waals surface area contributed by atoms with E-state index in [9.17, 15) is 25.1 Å². The van der Waals surface area contributed by atoms with Crippen LogP contribution in [0.25, 0.3) is 11.4 Å². The number of nitro benzene ring substituents is 1. The molecule has 1 amide bonds. The minimum atomic E-state index is -0.758. The Kier molecular flexibility index (Phi) is 4.47. The molecule has 0 fully saturated rings. The van der Waals surface area contributed by atoms with Crippen LogP contribution in [0.3, 0.4) is 0 Å². The molecule has 3 aromatic rings. The fourth-order valence-corrected chi connectivity index (χ4v) is 3.68. The van der Waals surface area contributed by atoms with E-state index in [1.54, 1.807) is 0 Å². The second kappa shape index (κ2) is 6.98. The minimum Gasteiger partial charge on any atom is -0.507 e. The van der Waals surface area contributed by atoms with Gasteiger partial charge in [-0.1, -0.05) is 0 Å². The molecular weight excluding hydrogens is 448 g/mol. The summed E-state index contributed by atoms with van der Waals surface area (Å²) in [6.07, 6.45) is 0. The number of carbonyl (C=O) groups excluding carboxylic acids is 1. The van der Waals surface area contributed by atoms with E-state index >= 15 is 0 Å². The van der Waals surface area contributed by atoms with Gasteiger partial charge in [0, 0.05) is 17.8 Å². The molecule has 11 nitrogen and oxygen atoms in total. The molecule has 0 radical (unpaired) electrons. The molecule has 4 rings (SSSR count). The molecule has 2 aromatic carbocycles. The van der Waals surface area contributed by atoms with Gasteiger partial charge in [-0.3, -0.25) is 19.8 Å². The van der Waals surface area contributed by atoms with Crippen molar-refractivity contribution in [3.05, 3.63) is 68.4 Å². The van der Waals surface area contributed by atoms with E-state index in [2.05, 4.69) is 36.6 Å². The second-order valence-corrected chi connectivity index (χ2v) is 6.91. The van der Waals surface area contributed by atoms with Crippen molar-refractivity contribution >= 4 is 33.2 Å². The Morgan fingerprint density at radius 1 is 1.17 bits per heavy atom. The molecule has 0 aliphatic carbocycles. The lowest BCUT2D eigenvalue weighted by Gasteiger charge is -2.26. The van der Waals surface area contributed by atoms with Crippen LogP contribution in [0.1, 0.15) is 11.6 Å². The lowest BCUT2D eigenvalue weighted by Crippen LogP contribution is -2.30. The molecule has 0 bridgehead atoms. The van der Waals surface area contributed by atoms with Gasteiger partial charge in [-0.05, 0) is 57.0 Å². The van der Waals surface area contributed by atoms with Gasteiger partial charge in [0.1, 0.15) is 5.75 Å². The van der Waals surface area contributed by atoms with Crippen molar-refractivity contribution in [3.8, 4) is 17.1 Å². The first-order valence-corrected chi connectivity index (χ1v) is 8.91. The van der Waals surface area contributed by atoms with Gasteiger partial charge in [-0.25, -0.2) is 0 Å². The summed E-state index contributed by atoms with van der Waals surface area (Å²) in [6.45, 7) is 0. The molecule has 1 atom stereocenters. The Balaban J connectivity index is 1.80. The first kappa shape index (κ1) is 18.6. The maximum absolute atomic E-state index is 12.7. The Labute approximate surface area is 170 Å². The molecule has 29 heavy (non-hydrogen) atoms. The van der Waals surface area contributed by atoms with Crippen LogP contribution in [-0.2, 0) is 4.79 Å². The van der Waals surface area contributed by atoms with E-state index in [-0.39, 0.29) is 27.3 Å². The van der Waals surface area contributed by atoms with Crippen LogP contribution in [0.2, 0.25) is 0 Å². The number of H-pyrrole nitrogens is 1. The Hall–Kier alpha value is -3.80. The number of halogens is 1. The zero-order valence-electron chi connectivity index (χ0n) is 14.4. The number of nitrogens with zero attached hydrogens (tertiary/aromatic N) is 5. The topological polar surface area (TPSA) is 158 Å². The number of aliphatic hydroxyl groups excluding tert-OH is 1. The lowest BCUT2D eigenvalue weighted by atomic mass is 10.0. The van der Waals surface area contributed by atoms with Gasteiger partial charge in [0.15, 0.2) is 5.76 Å². The molecule has 1 aliphatic rings. The van der Waals surface area contributed by atoms with E-state index in [0.717, 1.165) is 0 Å². The number of aliphatic hydroxyl groups is 1. The normalized spacial score (nSPS) is 16.5. The van der Waals surface area contributed by atoms with Crippen LogP contribution >= 0.6 is 15.9 Å². The monoisotopic (exact) mass is 458 g/mol. The number of aromatic hydroxyl groups is 1. The third kappa shape index (κ3) is 3.08. The molecule has 0 saturated heterocycles. The van der Waals surface area contributed by atoms with E-state index < -0.39 is 22.6 Å². The molecule has 12 heteroatoms. The smallest absolute Gasteiger partial charge is 0.294 e. The van der Waals surface area contributed by atoms with E-state index in [0.29, 0.717) is 11.3 Å². The number of anilines is 1.